The number of nitrogens with zero attached hydrogens (tertiary/aromatic N) is 2. The Morgan fingerprint density at radius 3 is 2.47 bits per heavy atom. The first kappa shape index (κ1) is 24.6. The number of pyridine rings is 1. The largest absolute Gasteiger partial charge is 0.454 e. The molecule has 1 aliphatic heterocycles. The van der Waals surface area contributed by atoms with Crippen LogP contribution in [0.2, 0.25) is 0 Å². The molecule has 3 aromatic rings. The highest BCUT2D eigenvalue weighted by Crippen LogP contribution is 2.32. The zero-order chi connectivity index (χ0) is 25.3. The Kier molecular flexibility index (Phi) is 8.07. The average Bonchev–Trinajstić information content (AvgIpc) is 3.35. The highest BCUT2D eigenvalue weighted by molar-refractivity contribution is 5.93. The lowest BCUT2D eigenvalue weighted by Gasteiger charge is -2.22. The van der Waals surface area contributed by atoms with E-state index in [4.69, 9.17) is 9.47 Å². The molecule has 10 heteroatoms. The molecule has 0 bridgehead atoms. The highest BCUT2D eigenvalue weighted by Gasteiger charge is 2.20. The van der Waals surface area contributed by atoms with Crippen LogP contribution in [0.5, 0.6) is 11.5 Å². The van der Waals surface area contributed by atoms with Crippen LogP contribution in [0.3, 0.4) is 0 Å². The maximum absolute atomic E-state index is 13.3. The predicted molar refractivity (Wildman–Crippen MR) is 128 cm³/mol. The molecule has 0 unspecified atom stereocenters. The number of carbonyl (C=O) groups is 3. The van der Waals surface area contributed by atoms with Gasteiger partial charge in [-0.25, -0.2) is 9.37 Å². The monoisotopic (exact) mass is 492 g/mol. The second-order valence-electron chi connectivity index (χ2n) is 8.10. The van der Waals surface area contributed by atoms with Crippen molar-refractivity contribution in [3.05, 3.63) is 83.8 Å². The molecule has 0 saturated carbocycles. The summed E-state index contributed by atoms with van der Waals surface area (Å²) in [6, 6.07) is 16.2. The fourth-order valence-electron chi connectivity index (χ4n) is 3.54. The van der Waals surface area contributed by atoms with Crippen LogP contribution in [0.1, 0.15) is 24.0 Å². The predicted octanol–water partition coefficient (Wildman–Crippen LogP) is 3.01. The van der Waals surface area contributed by atoms with Gasteiger partial charge in [-0.3, -0.25) is 14.4 Å². The smallest absolute Gasteiger partial charge is 0.239 e. The van der Waals surface area contributed by atoms with E-state index in [0.29, 0.717) is 22.9 Å². The first-order valence-corrected chi connectivity index (χ1v) is 11.3. The maximum Gasteiger partial charge on any atom is 0.239 e. The number of anilines is 1. The Balaban J connectivity index is 1.34. The number of fused-ring (bicyclic) bond motifs is 1. The molecule has 0 fully saturated rings. The van der Waals surface area contributed by atoms with Crippen molar-refractivity contribution < 1.29 is 28.2 Å². The lowest BCUT2D eigenvalue weighted by Crippen LogP contribution is -2.40. The summed E-state index contributed by atoms with van der Waals surface area (Å²) in [4.78, 5) is 43.2. The van der Waals surface area contributed by atoms with Gasteiger partial charge in [-0.05, 0) is 47.5 Å². The van der Waals surface area contributed by atoms with Crippen LogP contribution in [-0.2, 0) is 27.5 Å². The van der Waals surface area contributed by atoms with E-state index in [1.165, 1.54) is 17.0 Å². The molecule has 1 aromatic heterocycles. The van der Waals surface area contributed by atoms with Gasteiger partial charge in [0.05, 0.1) is 6.54 Å². The molecule has 0 spiro atoms. The van der Waals surface area contributed by atoms with Gasteiger partial charge in [0.2, 0.25) is 24.5 Å². The summed E-state index contributed by atoms with van der Waals surface area (Å²) >= 11 is 0. The normalized spacial score (nSPS) is 11.6. The fourth-order valence-corrected chi connectivity index (χ4v) is 3.54. The van der Waals surface area contributed by atoms with Crippen molar-refractivity contribution in [1.29, 1.82) is 0 Å². The fraction of sp³-hybridized carbons (Fsp3) is 0.231. The first-order chi connectivity index (χ1) is 17.5. The van der Waals surface area contributed by atoms with E-state index in [-0.39, 0.29) is 57.0 Å². The number of ether oxygens (including phenoxy) is 2. The molecule has 186 valence electrons. The van der Waals surface area contributed by atoms with Gasteiger partial charge in [0, 0.05) is 32.1 Å². The lowest BCUT2D eigenvalue weighted by atomic mass is 10.2. The van der Waals surface area contributed by atoms with E-state index in [1.54, 1.807) is 48.7 Å². The molecule has 4 rings (SSSR count). The Morgan fingerprint density at radius 1 is 0.917 bits per heavy atom. The molecular formula is C26H25FN4O5. The van der Waals surface area contributed by atoms with Crippen molar-refractivity contribution in [2.45, 2.75) is 25.9 Å². The molecule has 1 aliphatic rings. The molecule has 0 aliphatic carbocycles. The molecular weight excluding hydrogens is 467 g/mol. The molecule has 9 nitrogen and oxygen atoms in total. The number of hydrogen-bond donors (Lipinski definition) is 2. The number of hydrogen-bond acceptors (Lipinski definition) is 6. The number of aromatic nitrogens is 1. The van der Waals surface area contributed by atoms with Crippen LogP contribution in [0.15, 0.2) is 66.9 Å². The topological polar surface area (TPSA) is 110 Å². The third-order valence-electron chi connectivity index (χ3n) is 5.40. The number of carbonyl (C=O) groups excluding carboxylic acids is 3. The van der Waals surface area contributed by atoms with Gasteiger partial charge in [-0.1, -0.05) is 24.3 Å². The van der Waals surface area contributed by atoms with Gasteiger partial charge in [-0.15, -0.1) is 0 Å². The van der Waals surface area contributed by atoms with E-state index >= 15 is 0 Å². The van der Waals surface area contributed by atoms with E-state index in [1.807, 2.05) is 6.07 Å². The zero-order valence-corrected chi connectivity index (χ0v) is 19.4. The number of halogens is 1. The average molecular weight is 493 g/mol. The van der Waals surface area contributed by atoms with Gasteiger partial charge < -0.3 is 25.0 Å². The first-order valence-electron chi connectivity index (χ1n) is 11.3. The molecule has 36 heavy (non-hydrogen) atoms. The zero-order valence-electron chi connectivity index (χ0n) is 19.4. The van der Waals surface area contributed by atoms with E-state index in [9.17, 15) is 18.8 Å². The minimum Gasteiger partial charge on any atom is -0.454 e. The second kappa shape index (κ2) is 11.8. The third kappa shape index (κ3) is 7.02. The summed E-state index contributed by atoms with van der Waals surface area (Å²) < 4.78 is 24.0. The maximum atomic E-state index is 13.3. The SMILES string of the molecule is O=C(CN(Cc1ccc(F)cc1)C(=O)CCC(=O)Nc1ccccn1)NCc1ccc2c(c1)OCO2. The van der Waals surface area contributed by atoms with Crippen LogP contribution < -0.4 is 20.1 Å². The van der Waals surface area contributed by atoms with Crippen molar-refractivity contribution in [3.63, 3.8) is 0 Å². The second-order valence-corrected chi connectivity index (χ2v) is 8.10. The van der Waals surface area contributed by atoms with E-state index < -0.39 is 5.82 Å². The van der Waals surface area contributed by atoms with E-state index in [2.05, 4.69) is 15.6 Å². The molecule has 2 heterocycles. The summed E-state index contributed by atoms with van der Waals surface area (Å²) in [6.07, 6.45) is 1.37. The lowest BCUT2D eigenvalue weighted by molar-refractivity contribution is -0.137. The summed E-state index contributed by atoms with van der Waals surface area (Å²) in [6.45, 7) is 0.271. The third-order valence-corrected chi connectivity index (χ3v) is 5.40. The van der Waals surface area contributed by atoms with Crippen LogP contribution in [-0.4, -0.2) is 40.9 Å². The number of benzene rings is 2. The Morgan fingerprint density at radius 2 is 1.69 bits per heavy atom. The van der Waals surface area contributed by atoms with Gasteiger partial charge in [-0.2, -0.15) is 0 Å². The standard InChI is InChI=1S/C26H25FN4O5/c27-20-7-4-18(5-8-20)15-31(26(34)11-10-24(32)30-23-3-1-2-12-28-23)16-25(33)29-14-19-6-9-21-22(13-19)36-17-35-21/h1-9,12-13H,10-11,14-17H2,(H,29,33)(H,28,30,32). The summed E-state index contributed by atoms with van der Waals surface area (Å²) in [5.74, 6) is 0.128. The molecule has 0 atom stereocenters. The van der Waals surface area contributed by atoms with Crippen LogP contribution in [0.25, 0.3) is 0 Å². The summed E-state index contributed by atoms with van der Waals surface area (Å²) in [7, 11) is 0. The Bertz CT molecular complexity index is 1220. The number of rotatable bonds is 10. The summed E-state index contributed by atoms with van der Waals surface area (Å²) in [5.41, 5.74) is 1.47. The Labute approximate surface area is 207 Å². The molecule has 2 aromatic carbocycles. The van der Waals surface area contributed by atoms with Gasteiger partial charge >= 0.3 is 0 Å². The quantitative estimate of drug-likeness (QED) is 0.450. The van der Waals surface area contributed by atoms with Gasteiger partial charge in [0.1, 0.15) is 11.6 Å². The van der Waals surface area contributed by atoms with Crippen molar-refractivity contribution in [3.8, 4) is 11.5 Å². The Hall–Kier alpha value is -4.47. The van der Waals surface area contributed by atoms with Crippen molar-refractivity contribution in [2.24, 2.45) is 0 Å². The minimum atomic E-state index is -0.399. The van der Waals surface area contributed by atoms with Crippen molar-refractivity contribution in [1.82, 2.24) is 15.2 Å². The highest BCUT2D eigenvalue weighted by atomic mass is 19.1. The molecule has 0 radical (unpaired) electrons. The van der Waals surface area contributed by atoms with Crippen LogP contribution >= 0.6 is 0 Å². The molecule has 2 N–H and O–H groups in total. The van der Waals surface area contributed by atoms with Gasteiger partial charge in [0.15, 0.2) is 11.5 Å². The number of nitrogens with one attached hydrogen (secondary N) is 2. The van der Waals surface area contributed by atoms with Crippen molar-refractivity contribution >= 4 is 23.5 Å². The van der Waals surface area contributed by atoms with E-state index in [0.717, 1.165) is 5.56 Å². The minimum absolute atomic E-state index is 0.0753. The van der Waals surface area contributed by atoms with Crippen LogP contribution in [0, 0.1) is 5.82 Å². The van der Waals surface area contributed by atoms with Crippen molar-refractivity contribution in [2.75, 3.05) is 18.7 Å². The van der Waals surface area contributed by atoms with Crippen LogP contribution in [0.4, 0.5) is 10.2 Å². The van der Waals surface area contributed by atoms with Gasteiger partial charge in [0.25, 0.3) is 0 Å². The summed E-state index contributed by atoms with van der Waals surface area (Å²) in [5, 5.41) is 5.42. The molecule has 0 saturated heterocycles. The number of amides is 3. The molecule has 3 amide bonds.